The molecule has 86 valence electrons. The van der Waals surface area contributed by atoms with E-state index in [2.05, 4.69) is 17.4 Å². The molecule has 1 saturated carbocycles. The molecule has 0 aliphatic heterocycles. The third kappa shape index (κ3) is 2.52. The Morgan fingerprint density at radius 1 is 1.38 bits per heavy atom. The van der Waals surface area contributed by atoms with Crippen LogP contribution < -0.4 is 5.32 Å². The lowest BCUT2D eigenvalue weighted by Crippen LogP contribution is -2.30. The van der Waals surface area contributed by atoms with Gasteiger partial charge in [0.1, 0.15) is 0 Å². The molecule has 0 bridgehead atoms. The minimum atomic E-state index is -0.276. The molecule has 1 N–H and O–H groups in total. The molecule has 1 fully saturated rings. The van der Waals surface area contributed by atoms with E-state index in [1.807, 2.05) is 12.1 Å². The third-order valence-corrected chi connectivity index (χ3v) is 2.77. The number of hydrogen-bond acceptors (Lipinski definition) is 2. The molecule has 1 aliphatic rings. The van der Waals surface area contributed by atoms with Crippen molar-refractivity contribution in [2.45, 2.75) is 18.8 Å². The fourth-order valence-corrected chi connectivity index (χ4v) is 1.54. The van der Waals surface area contributed by atoms with Crippen molar-refractivity contribution in [1.82, 2.24) is 5.06 Å². The highest BCUT2D eigenvalue weighted by Gasteiger charge is 2.23. The number of carbonyl (C=O) groups is 1. The molecule has 0 saturated heterocycles. The molecule has 2 rings (SSSR count). The van der Waals surface area contributed by atoms with Crippen LogP contribution in [0.3, 0.4) is 0 Å². The Morgan fingerprint density at radius 3 is 2.50 bits per heavy atom. The number of carbonyl (C=O) groups excluding carboxylic acids is 1. The van der Waals surface area contributed by atoms with E-state index in [9.17, 15) is 4.79 Å². The van der Waals surface area contributed by atoms with E-state index in [0.29, 0.717) is 0 Å². The smallest absolute Gasteiger partial charge is 0.306 e. The van der Waals surface area contributed by atoms with Crippen LogP contribution in [0, 0.1) is 0 Å². The molecular formula is C12H16N2O2. The monoisotopic (exact) mass is 220 g/mol. The Kier molecular flexibility index (Phi) is 3.10. The van der Waals surface area contributed by atoms with Crippen LogP contribution >= 0.6 is 0 Å². The minimum Gasteiger partial charge on any atom is -0.306 e. The van der Waals surface area contributed by atoms with Crippen LogP contribution in [0.2, 0.25) is 0 Å². The average molecular weight is 220 g/mol. The molecule has 1 aromatic rings. The Morgan fingerprint density at radius 2 is 2.00 bits per heavy atom. The summed E-state index contributed by atoms with van der Waals surface area (Å²) in [5.74, 6) is 0.742. The molecule has 0 heterocycles. The van der Waals surface area contributed by atoms with Crippen LogP contribution in [-0.4, -0.2) is 25.3 Å². The third-order valence-electron chi connectivity index (χ3n) is 2.77. The van der Waals surface area contributed by atoms with Gasteiger partial charge in [-0.2, -0.15) is 0 Å². The number of amides is 2. The zero-order chi connectivity index (χ0) is 11.5. The molecule has 1 aliphatic carbocycles. The van der Waals surface area contributed by atoms with Gasteiger partial charge in [-0.1, -0.05) is 12.1 Å². The largest absolute Gasteiger partial charge is 0.345 e. The first-order chi connectivity index (χ1) is 7.70. The van der Waals surface area contributed by atoms with E-state index in [4.69, 9.17) is 4.84 Å². The van der Waals surface area contributed by atoms with Gasteiger partial charge in [0.25, 0.3) is 0 Å². The Bertz CT molecular complexity index is 371. The number of hydroxylamine groups is 2. The predicted octanol–water partition coefficient (Wildman–Crippen LogP) is 2.59. The van der Waals surface area contributed by atoms with Gasteiger partial charge < -0.3 is 5.32 Å². The maximum absolute atomic E-state index is 11.5. The number of nitrogens with zero attached hydrogens (tertiary/aromatic N) is 1. The van der Waals surface area contributed by atoms with Gasteiger partial charge in [0.05, 0.1) is 7.11 Å². The number of anilines is 1. The Hall–Kier alpha value is -1.55. The lowest BCUT2D eigenvalue weighted by molar-refractivity contribution is -0.0598. The van der Waals surface area contributed by atoms with Gasteiger partial charge in [-0.25, -0.2) is 9.86 Å². The topological polar surface area (TPSA) is 41.6 Å². The lowest BCUT2D eigenvalue weighted by atomic mass is 10.1. The van der Waals surface area contributed by atoms with Crippen LogP contribution in [0.15, 0.2) is 24.3 Å². The van der Waals surface area contributed by atoms with Crippen LogP contribution in [0.4, 0.5) is 10.5 Å². The van der Waals surface area contributed by atoms with E-state index in [1.165, 1.54) is 25.5 Å². The number of hydrogen-bond donors (Lipinski definition) is 1. The van der Waals surface area contributed by atoms with Gasteiger partial charge in [0.15, 0.2) is 0 Å². The van der Waals surface area contributed by atoms with Gasteiger partial charge in [-0.3, -0.25) is 4.84 Å². The first-order valence-corrected chi connectivity index (χ1v) is 5.39. The summed E-state index contributed by atoms with van der Waals surface area (Å²) >= 11 is 0. The molecule has 0 atom stereocenters. The molecule has 0 unspecified atom stereocenters. The maximum Gasteiger partial charge on any atom is 0.345 e. The van der Waals surface area contributed by atoms with Crippen LogP contribution in [0.5, 0.6) is 0 Å². The lowest BCUT2D eigenvalue weighted by Gasteiger charge is -2.14. The molecule has 0 spiro atoms. The molecule has 1 aromatic carbocycles. The first-order valence-electron chi connectivity index (χ1n) is 5.39. The van der Waals surface area contributed by atoms with Crippen LogP contribution in [0.25, 0.3) is 0 Å². The second-order valence-corrected chi connectivity index (χ2v) is 4.01. The van der Waals surface area contributed by atoms with Gasteiger partial charge in [0.2, 0.25) is 0 Å². The zero-order valence-corrected chi connectivity index (χ0v) is 9.56. The SMILES string of the molecule is CON(C)C(=O)Nc1ccc(C2CC2)cc1. The standard InChI is InChI=1S/C12H16N2O2/c1-14(16-2)12(15)13-11-7-5-10(6-8-11)9-3-4-9/h5-9H,3-4H2,1-2H3,(H,13,15). The highest BCUT2D eigenvalue weighted by atomic mass is 16.7. The van der Waals surface area contributed by atoms with Crippen LogP contribution in [0.1, 0.15) is 24.3 Å². The van der Waals surface area contributed by atoms with Crippen molar-refractivity contribution in [3.63, 3.8) is 0 Å². The number of nitrogens with one attached hydrogen (secondary N) is 1. The van der Waals surface area contributed by atoms with Gasteiger partial charge in [0, 0.05) is 12.7 Å². The van der Waals surface area contributed by atoms with Gasteiger partial charge in [-0.15, -0.1) is 0 Å². The average Bonchev–Trinajstić information content (AvgIpc) is 3.13. The van der Waals surface area contributed by atoms with Crippen molar-refractivity contribution in [3.8, 4) is 0 Å². The number of rotatable bonds is 3. The quantitative estimate of drug-likeness (QED) is 0.795. The normalized spacial score (nSPS) is 14.6. The van der Waals surface area contributed by atoms with E-state index in [0.717, 1.165) is 16.7 Å². The predicted molar refractivity (Wildman–Crippen MR) is 62.2 cm³/mol. The zero-order valence-electron chi connectivity index (χ0n) is 9.56. The molecular weight excluding hydrogens is 204 g/mol. The fraction of sp³-hybridized carbons (Fsp3) is 0.417. The number of benzene rings is 1. The van der Waals surface area contributed by atoms with E-state index in [-0.39, 0.29) is 6.03 Å². The second-order valence-electron chi connectivity index (χ2n) is 4.01. The summed E-state index contributed by atoms with van der Waals surface area (Å²) in [6.07, 6.45) is 2.58. The van der Waals surface area contributed by atoms with Crippen molar-refractivity contribution in [2.24, 2.45) is 0 Å². The highest BCUT2D eigenvalue weighted by Crippen LogP contribution is 2.40. The van der Waals surface area contributed by atoms with E-state index >= 15 is 0 Å². The van der Waals surface area contributed by atoms with Crippen molar-refractivity contribution < 1.29 is 9.63 Å². The van der Waals surface area contributed by atoms with Crippen molar-refractivity contribution in [3.05, 3.63) is 29.8 Å². The van der Waals surface area contributed by atoms with Crippen LogP contribution in [-0.2, 0) is 4.84 Å². The summed E-state index contributed by atoms with van der Waals surface area (Å²) in [5, 5.41) is 3.89. The Balaban J connectivity index is 1.96. The summed E-state index contributed by atoms with van der Waals surface area (Å²) in [6.45, 7) is 0. The minimum absolute atomic E-state index is 0.276. The second kappa shape index (κ2) is 4.53. The summed E-state index contributed by atoms with van der Waals surface area (Å²) in [4.78, 5) is 16.2. The summed E-state index contributed by atoms with van der Waals surface area (Å²) in [7, 11) is 3.02. The summed E-state index contributed by atoms with van der Waals surface area (Å²) in [6, 6.07) is 7.71. The first kappa shape index (κ1) is 11.0. The molecule has 4 nitrogen and oxygen atoms in total. The molecule has 0 aromatic heterocycles. The molecule has 16 heavy (non-hydrogen) atoms. The molecule has 0 radical (unpaired) electrons. The highest BCUT2D eigenvalue weighted by molar-refractivity contribution is 5.88. The van der Waals surface area contributed by atoms with Crippen molar-refractivity contribution in [1.29, 1.82) is 0 Å². The molecule has 4 heteroatoms. The van der Waals surface area contributed by atoms with E-state index < -0.39 is 0 Å². The summed E-state index contributed by atoms with van der Waals surface area (Å²) in [5.41, 5.74) is 2.15. The maximum atomic E-state index is 11.5. The molecule has 2 amide bonds. The Labute approximate surface area is 95.2 Å². The van der Waals surface area contributed by atoms with Crippen molar-refractivity contribution in [2.75, 3.05) is 19.5 Å². The number of urea groups is 1. The van der Waals surface area contributed by atoms with Gasteiger partial charge >= 0.3 is 6.03 Å². The summed E-state index contributed by atoms with van der Waals surface area (Å²) < 4.78 is 0. The van der Waals surface area contributed by atoms with Crippen molar-refractivity contribution >= 4 is 11.7 Å². The van der Waals surface area contributed by atoms with E-state index in [1.54, 1.807) is 7.05 Å². The van der Waals surface area contributed by atoms with Gasteiger partial charge in [-0.05, 0) is 36.5 Å². The fourth-order valence-electron chi connectivity index (χ4n) is 1.54.